The van der Waals surface area contributed by atoms with Gasteiger partial charge in [0.2, 0.25) is 0 Å². The van der Waals surface area contributed by atoms with E-state index in [9.17, 15) is 38.4 Å². The van der Waals surface area contributed by atoms with Gasteiger partial charge in [0.25, 0.3) is 0 Å². The van der Waals surface area contributed by atoms with Crippen LogP contribution >= 0.6 is 23.5 Å². The van der Waals surface area contributed by atoms with E-state index < -0.39 is 71.7 Å². The van der Waals surface area contributed by atoms with Crippen LogP contribution in [0.25, 0.3) is 0 Å². The first-order valence-corrected chi connectivity index (χ1v) is 16.1. The third kappa shape index (κ3) is 16.9. The molecule has 0 saturated heterocycles. The largest absolute Gasteiger partial charge is 0.467 e. The van der Waals surface area contributed by atoms with E-state index in [0.717, 1.165) is 0 Å². The number of thioether (sulfide) groups is 2. The molecule has 0 aliphatic rings. The summed E-state index contributed by atoms with van der Waals surface area (Å²) in [5.41, 5.74) is 0. The normalized spacial score (nSPS) is 12.7. The predicted molar refractivity (Wildman–Crippen MR) is 162 cm³/mol. The van der Waals surface area contributed by atoms with Crippen molar-refractivity contribution in [3.8, 4) is 0 Å². The average molecular weight is 669 g/mol. The molecule has 0 aromatic carbocycles. The van der Waals surface area contributed by atoms with Gasteiger partial charge in [0.1, 0.15) is 24.2 Å². The van der Waals surface area contributed by atoms with Crippen molar-refractivity contribution >= 4 is 71.0 Å². The second-order valence-corrected chi connectivity index (χ2v) is 10.5. The molecule has 16 nitrogen and oxygen atoms in total. The molecule has 0 heterocycles. The van der Waals surface area contributed by atoms with Gasteiger partial charge in [0.15, 0.2) is 0 Å². The van der Waals surface area contributed by atoms with Gasteiger partial charge in [-0.3, -0.25) is 19.2 Å². The summed E-state index contributed by atoms with van der Waals surface area (Å²) in [5, 5.41) is 9.10. The molecule has 0 spiro atoms. The van der Waals surface area contributed by atoms with Gasteiger partial charge in [0, 0.05) is 0 Å². The monoisotopic (exact) mass is 668 g/mol. The zero-order chi connectivity index (χ0) is 34.2. The number of carbonyl (C=O) groups excluding carboxylic acids is 8. The minimum absolute atomic E-state index is 0.278. The highest BCUT2D eigenvalue weighted by Crippen LogP contribution is 2.04. The predicted octanol–water partition coefficient (Wildman–Crippen LogP) is -1.07. The quantitative estimate of drug-likeness (QED) is 0.0874. The van der Waals surface area contributed by atoms with Crippen LogP contribution in [0.4, 0.5) is 0 Å². The molecule has 0 aliphatic carbocycles. The Hall–Kier alpha value is -3.54. The van der Waals surface area contributed by atoms with Crippen LogP contribution in [0.3, 0.4) is 0 Å². The smallest absolute Gasteiger partial charge is 0.328 e. The van der Waals surface area contributed by atoms with Gasteiger partial charge in [-0.1, -0.05) is 13.8 Å². The molecule has 0 saturated carbocycles. The van der Waals surface area contributed by atoms with E-state index in [2.05, 4.69) is 40.2 Å². The van der Waals surface area contributed by atoms with E-state index in [0.29, 0.717) is 24.3 Å². The Labute approximate surface area is 265 Å². The first-order chi connectivity index (χ1) is 20.8. The number of rotatable bonds is 16. The van der Waals surface area contributed by atoms with Crippen LogP contribution in [0.2, 0.25) is 0 Å². The van der Waals surface area contributed by atoms with Crippen LogP contribution in [-0.4, -0.2) is 124 Å². The molecule has 0 aromatic rings. The fourth-order valence-electron chi connectivity index (χ4n) is 3.09. The molecule has 4 atom stereocenters. The van der Waals surface area contributed by atoms with E-state index in [1.807, 2.05) is 12.5 Å². The number of amides is 4. The van der Waals surface area contributed by atoms with Crippen molar-refractivity contribution in [3.05, 3.63) is 0 Å². The van der Waals surface area contributed by atoms with Crippen molar-refractivity contribution in [2.45, 2.75) is 63.7 Å². The standard InChI is InChI=1S/C14H24N2O6S2.C12H20N2O6/c1-21-13(19)9(5-7-23-3)15-11(17)12(18)16-10(6-8-24-4)14(20)22-2;1-5-7(11(17)19-3)13-9(15)10(16)14-8(6-2)12(18)20-4/h9-10H,5-8H2,1-4H3,(H,15,17)(H,16,18);7-8H,5-6H2,1-4H3,(H,13,15)(H,14,16)/t9-,10-;7-,8-/m00/s1. The van der Waals surface area contributed by atoms with E-state index in [1.165, 1.54) is 52.0 Å². The summed E-state index contributed by atoms with van der Waals surface area (Å²) in [6, 6.07) is -3.64. The molecule has 0 bridgehead atoms. The van der Waals surface area contributed by atoms with Gasteiger partial charge in [-0.2, -0.15) is 23.5 Å². The maximum Gasteiger partial charge on any atom is 0.328 e. The van der Waals surface area contributed by atoms with E-state index in [4.69, 9.17) is 0 Å². The summed E-state index contributed by atoms with van der Waals surface area (Å²) in [6.07, 6.45) is 4.93. The summed E-state index contributed by atoms with van der Waals surface area (Å²) in [7, 11) is 4.77. The second kappa shape index (κ2) is 24.9. The van der Waals surface area contributed by atoms with Crippen LogP contribution in [0.5, 0.6) is 0 Å². The summed E-state index contributed by atoms with van der Waals surface area (Å²) < 4.78 is 18.2. The van der Waals surface area contributed by atoms with Crippen LogP contribution in [-0.2, 0) is 57.3 Å². The minimum atomic E-state index is -1.01. The first-order valence-electron chi connectivity index (χ1n) is 13.3. The molecule has 18 heteroatoms. The van der Waals surface area contributed by atoms with Gasteiger partial charge in [-0.25, -0.2) is 19.2 Å². The molecule has 4 N–H and O–H groups in total. The molecule has 0 rings (SSSR count). The molecule has 252 valence electrons. The Bertz CT molecular complexity index is 907. The number of esters is 4. The van der Waals surface area contributed by atoms with Crippen molar-refractivity contribution in [2.75, 3.05) is 52.5 Å². The van der Waals surface area contributed by atoms with Gasteiger partial charge < -0.3 is 40.2 Å². The molecule has 44 heavy (non-hydrogen) atoms. The summed E-state index contributed by atoms with van der Waals surface area (Å²) in [6.45, 7) is 3.31. The van der Waals surface area contributed by atoms with Crippen molar-refractivity contribution in [1.82, 2.24) is 21.3 Å². The number of hydrogen-bond donors (Lipinski definition) is 4. The fourth-order valence-corrected chi connectivity index (χ4v) is 4.03. The minimum Gasteiger partial charge on any atom is -0.467 e. The number of methoxy groups -OCH3 is 4. The van der Waals surface area contributed by atoms with Crippen molar-refractivity contribution < 1.29 is 57.3 Å². The molecule has 0 unspecified atom stereocenters. The van der Waals surface area contributed by atoms with Gasteiger partial charge in [0.05, 0.1) is 28.4 Å². The number of carbonyl (C=O) groups is 8. The molecule has 0 fully saturated rings. The maximum absolute atomic E-state index is 12.0. The highest BCUT2D eigenvalue weighted by Gasteiger charge is 2.29. The van der Waals surface area contributed by atoms with Crippen LogP contribution in [0, 0.1) is 0 Å². The summed E-state index contributed by atoms with van der Waals surface area (Å²) >= 11 is 2.99. The molecule has 4 amide bonds. The van der Waals surface area contributed by atoms with E-state index in [1.54, 1.807) is 13.8 Å². The second-order valence-electron chi connectivity index (χ2n) is 8.58. The molecule has 0 radical (unpaired) electrons. The lowest BCUT2D eigenvalue weighted by Gasteiger charge is -2.18. The molecule has 0 aliphatic heterocycles. The molecular weight excluding hydrogens is 624 g/mol. The Morgan fingerprint density at radius 3 is 0.909 bits per heavy atom. The maximum atomic E-state index is 12.0. The average Bonchev–Trinajstić information content (AvgIpc) is 3.04. The Morgan fingerprint density at radius 2 is 0.705 bits per heavy atom. The van der Waals surface area contributed by atoms with Crippen molar-refractivity contribution in [3.63, 3.8) is 0 Å². The lowest BCUT2D eigenvalue weighted by molar-refractivity contribution is -0.149. The zero-order valence-electron chi connectivity index (χ0n) is 26.3. The molecular formula is C26H44N4O12S2. The van der Waals surface area contributed by atoms with Crippen LogP contribution in [0.1, 0.15) is 39.5 Å². The summed E-state index contributed by atoms with van der Waals surface area (Å²) in [5.74, 6) is -5.33. The van der Waals surface area contributed by atoms with Crippen molar-refractivity contribution in [1.29, 1.82) is 0 Å². The third-order valence-corrected chi connectivity index (χ3v) is 6.90. The van der Waals surface area contributed by atoms with Gasteiger partial charge >= 0.3 is 47.5 Å². The molecule has 0 aromatic heterocycles. The Morgan fingerprint density at radius 1 is 0.477 bits per heavy atom. The van der Waals surface area contributed by atoms with Crippen LogP contribution < -0.4 is 21.3 Å². The van der Waals surface area contributed by atoms with Crippen LogP contribution in [0.15, 0.2) is 0 Å². The third-order valence-electron chi connectivity index (χ3n) is 5.61. The summed E-state index contributed by atoms with van der Waals surface area (Å²) in [4.78, 5) is 93.0. The lowest BCUT2D eigenvalue weighted by atomic mass is 10.2. The van der Waals surface area contributed by atoms with Gasteiger partial charge in [-0.15, -0.1) is 0 Å². The SMILES string of the molecule is CC[C@H](NC(=O)C(=O)N[C@@H](CC)C(=O)OC)C(=O)OC.COC(=O)[C@H](CCSC)NC(=O)C(=O)N[C@@H](CCSC)C(=O)OC. The number of ether oxygens (including phenoxy) is 4. The Kier molecular flexibility index (Phi) is 24.1. The first kappa shape index (κ1) is 42.6. The lowest BCUT2D eigenvalue weighted by Crippen LogP contribution is -2.52. The highest BCUT2D eigenvalue weighted by molar-refractivity contribution is 7.98. The number of hydrogen-bond acceptors (Lipinski definition) is 14. The fraction of sp³-hybridized carbons (Fsp3) is 0.692. The van der Waals surface area contributed by atoms with Crippen molar-refractivity contribution in [2.24, 2.45) is 0 Å². The zero-order valence-corrected chi connectivity index (χ0v) is 27.9. The highest BCUT2D eigenvalue weighted by atomic mass is 32.2. The van der Waals surface area contributed by atoms with E-state index >= 15 is 0 Å². The van der Waals surface area contributed by atoms with Gasteiger partial charge in [-0.05, 0) is 49.7 Å². The number of nitrogens with one attached hydrogen (secondary N) is 4. The Balaban J connectivity index is 0. The topological polar surface area (TPSA) is 222 Å². The van der Waals surface area contributed by atoms with E-state index in [-0.39, 0.29) is 12.8 Å².